The van der Waals surface area contributed by atoms with Gasteiger partial charge >= 0.3 is 6.09 Å². The fourth-order valence-corrected chi connectivity index (χ4v) is 2.65. The largest absolute Gasteiger partial charge is 0.445 e. The van der Waals surface area contributed by atoms with Crippen molar-refractivity contribution in [2.45, 2.75) is 32.1 Å². The smallest absolute Gasteiger partial charge is 0.410 e. The van der Waals surface area contributed by atoms with Crippen molar-refractivity contribution in [1.29, 1.82) is 0 Å². The van der Waals surface area contributed by atoms with E-state index < -0.39 is 0 Å². The number of carbonyl (C=O) groups excluding carboxylic acids is 1. The lowest BCUT2D eigenvalue weighted by molar-refractivity contribution is 0.0591. The Morgan fingerprint density at radius 2 is 1.76 bits per heavy atom. The highest BCUT2D eigenvalue weighted by atomic mass is 16.6. The molecule has 5 nitrogen and oxygen atoms in total. The maximum absolute atomic E-state index is 12.6. The predicted octanol–water partition coefficient (Wildman–Crippen LogP) is 3.99. The Balaban J connectivity index is 1.58. The van der Waals surface area contributed by atoms with Crippen LogP contribution in [0, 0.1) is 0 Å². The zero-order chi connectivity index (χ0) is 17.3. The van der Waals surface area contributed by atoms with E-state index in [0.29, 0.717) is 13.1 Å². The van der Waals surface area contributed by atoms with Gasteiger partial charge in [0, 0.05) is 32.1 Å². The maximum atomic E-state index is 12.6. The van der Waals surface area contributed by atoms with Gasteiger partial charge in [-0.2, -0.15) is 0 Å². The first-order valence-corrected chi connectivity index (χ1v) is 8.48. The Morgan fingerprint density at radius 1 is 1.08 bits per heavy atom. The van der Waals surface area contributed by atoms with E-state index in [1.165, 1.54) is 0 Å². The first kappa shape index (κ1) is 17.0. The molecule has 5 heteroatoms. The number of ether oxygens (including phenoxy) is 1. The Bertz CT molecular complexity index is 681. The average Bonchev–Trinajstić information content (AvgIpc) is 3.18. The molecule has 1 heterocycles. The van der Waals surface area contributed by atoms with Crippen molar-refractivity contribution in [2.24, 2.45) is 5.16 Å². The highest BCUT2D eigenvalue weighted by Gasteiger charge is 2.20. The van der Waals surface area contributed by atoms with Gasteiger partial charge in [-0.25, -0.2) is 4.79 Å². The summed E-state index contributed by atoms with van der Waals surface area (Å²) in [5.41, 5.74) is 2.05. The van der Waals surface area contributed by atoms with Gasteiger partial charge in [0.1, 0.15) is 12.7 Å². The second kappa shape index (κ2) is 8.87. The molecule has 3 rings (SSSR count). The lowest BCUT2D eigenvalue weighted by Gasteiger charge is -2.23. The molecule has 0 N–H and O–H groups in total. The molecule has 0 bridgehead atoms. The number of carbonyl (C=O) groups is 1. The van der Waals surface area contributed by atoms with E-state index in [4.69, 9.17) is 9.57 Å². The van der Waals surface area contributed by atoms with E-state index in [-0.39, 0.29) is 18.8 Å². The minimum atomic E-state index is -0.313. The Morgan fingerprint density at radius 3 is 2.40 bits per heavy atom. The van der Waals surface area contributed by atoms with Gasteiger partial charge in [0.2, 0.25) is 0 Å². The number of nitrogens with zero attached hydrogens (tertiary/aromatic N) is 2. The molecule has 2 aromatic rings. The van der Waals surface area contributed by atoms with Crippen LogP contribution in [0.15, 0.2) is 65.8 Å². The van der Waals surface area contributed by atoms with Crippen LogP contribution < -0.4 is 0 Å². The number of hydrogen-bond acceptors (Lipinski definition) is 4. The fourth-order valence-electron chi connectivity index (χ4n) is 2.65. The Hall–Kier alpha value is -2.82. The first-order valence-electron chi connectivity index (χ1n) is 8.48. The summed E-state index contributed by atoms with van der Waals surface area (Å²) in [7, 11) is 0. The molecule has 0 fully saturated rings. The van der Waals surface area contributed by atoms with Crippen LogP contribution in [0.5, 0.6) is 0 Å². The van der Waals surface area contributed by atoms with E-state index in [1.807, 2.05) is 60.7 Å². The van der Waals surface area contributed by atoms with Crippen molar-refractivity contribution >= 4 is 12.3 Å². The molecule has 1 amide bonds. The van der Waals surface area contributed by atoms with Gasteiger partial charge in [0.15, 0.2) is 0 Å². The van der Waals surface area contributed by atoms with Crippen LogP contribution in [-0.4, -0.2) is 29.9 Å². The van der Waals surface area contributed by atoms with E-state index in [9.17, 15) is 4.79 Å². The SMILES string of the molecule is O=C(OCc1ccccc1)N(CC[C@H]1CC=NO1)Cc1ccccc1. The molecule has 25 heavy (non-hydrogen) atoms. The summed E-state index contributed by atoms with van der Waals surface area (Å²) in [6.07, 6.45) is 3.01. The molecule has 1 aliphatic heterocycles. The molecule has 0 unspecified atom stereocenters. The maximum Gasteiger partial charge on any atom is 0.410 e. The zero-order valence-electron chi connectivity index (χ0n) is 14.1. The van der Waals surface area contributed by atoms with Gasteiger partial charge in [-0.1, -0.05) is 65.8 Å². The highest BCUT2D eigenvalue weighted by Crippen LogP contribution is 2.13. The molecule has 130 valence electrons. The van der Waals surface area contributed by atoms with E-state index >= 15 is 0 Å². The van der Waals surface area contributed by atoms with Crippen LogP contribution in [0.3, 0.4) is 0 Å². The van der Waals surface area contributed by atoms with Crippen LogP contribution in [0.2, 0.25) is 0 Å². The lowest BCUT2D eigenvalue weighted by Crippen LogP contribution is -2.33. The molecule has 0 aliphatic carbocycles. The van der Waals surface area contributed by atoms with Gasteiger partial charge in [-0.05, 0) is 11.1 Å². The number of benzene rings is 2. The minimum Gasteiger partial charge on any atom is -0.445 e. The summed E-state index contributed by atoms with van der Waals surface area (Å²) in [6, 6.07) is 19.6. The third kappa shape index (κ3) is 5.35. The van der Waals surface area contributed by atoms with Crippen LogP contribution >= 0.6 is 0 Å². The monoisotopic (exact) mass is 338 g/mol. The fraction of sp³-hybridized carbons (Fsp3) is 0.300. The average molecular weight is 338 g/mol. The van der Waals surface area contributed by atoms with E-state index in [1.54, 1.807) is 11.1 Å². The van der Waals surface area contributed by atoms with E-state index in [0.717, 1.165) is 24.0 Å². The topological polar surface area (TPSA) is 51.1 Å². The summed E-state index contributed by atoms with van der Waals surface area (Å²) in [4.78, 5) is 19.5. The van der Waals surface area contributed by atoms with Crippen LogP contribution in [-0.2, 0) is 22.7 Å². The third-order valence-corrected chi connectivity index (χ3v) is 4.05. The minimum absolute atomic E-state index is 0.0418. The van der Waals surface area contributed by atoms with Crippen molar-refractivity contribution in [1.82, 2.24) is 4.90 Å². The Labute approximate surface area is 147 Å². The van der Waals surface area contributed by atoms with Crippen molar-refractivity contribution < 1.29 is 14.4 Å². The summed E-state index contributed by atoms with van der Waals surface area (Å²) in [5.74, 6) is 0. The number of hydrogen-bond donors (Lipinski definition) is 0. The molecule has 2 aromatic carbocycles. The van der Waals surface area contributed by atoms with Crippen molar-refractivity contribution in [3.05, 3.63) is 71.8 Å². The summed E-state index contributed by atoms with van der Waals surface area (Å²) in [6.45, 7) is 1.35. The Kier molecular flexibility index (Phi) is 6.04. The van der Waals surface area contributed by atoms with Crippen LogP contribution in [0.4, 0.5) is 4.79 Å². The molecular formula is C20H22N2O3. The number of oxime groups is 1. The molecule has 0 saturated heterocycles. The van der Waals surface area contributed by atoms with Crippen molar-refractivity contribution in [3.8, 4) is 0 Å². The summed E-state index contributed by atoms with van der Waals surface area (Å²) >= 11 is 0. The normalized spacial score (nSPS) is 15.6. The van der Waals surface area contributed by atoms with Gasteiger partial charge < -0.3 is 14.5 Å². The second-order valence-electron chi connectivity index (χ2n) is 5.99. The first-order chi connectivity index (χ1) is 12.3. The van der Waals surface area contributed by atoms with Gasteiger partial charge in [0.05, 0.1) is 0 Å². The zero-order valence-corrected chi connectivity index (χ0v) is 14.1. The molecule has 1 aliphatic rings. The highest BCUT2D eigenvalue weighted by molar-refractivity contribution is 5.67. The summed E-state index contributed by atoms with van der Waals surface area (Å²) in [5, 5.41) is 3.79. The summed E-state index contributed by atoms with van der Waals surface area (Å²) < 4.78 is 5.49. The quantitative estimate of drug-likeness (QED) is 0.767. The molecule has 0 spiro atoms. The van der Waals surface area contributed by atoms with E-state index in [2.05, 4.69) is 5.16 Å². The second-order valence-corrected chi connectivity index (χ2v) is 5.99. The van der Waals surface area contributed by atoms with Crippen LogP contribution in [0.25, 0.3) is 0 Å². The van der Waals surface area contributed by atoms with Crippen molar-refractivity contribution in [2.75, 3.05) is 6.54 Å². The molecular weight excluding hydrogens is 316 g/mol. The number of amides is 1. The van der Waals surface area contributed by atoms with Crippen LogP contribution in [0.1, 0.15) is 24.0 Å². The molecule has 1 atom stereocenters. The number of rotatable bonds is 7. The molecule has 0 radical (unpaired) electrons. The molecule has 0 saturated carbocycles. The van der Waals surface area contributed by atoms with Crippen molar-refractivity contribution in [3.63, 3.8) is 0 Å². The standard InChI is InChI=1S/C20H22N2O3/c23-20(24-16-18-9-5-2-6-10-18)22(14-12-19-11-13-21-25-19)15-17-7-3-1-4-8-17/h1-10,13,19H,11-12,14-16H2/t19-/m1/s1. The van der Waals surface area contributed by atoms with Gasteiger partial charge in [-0.15, -0.1) is 0 Å². The van der Waals surface area contributed by atoms with Gasteiger partial charge in [0.25, 0.3) is 0 Å². The lowest BCUT2D eigenvalue weighted by atomic mass is 10.1. The van der Waals surface area contributed by atoms with Gasteiger partial charge in [-0.3, -0.25) is 0 Å². The molecule has 0 aromatic heterocycles. The predicted molar refractivity (Wildman–Crippen MR) is 96.1 cm³/mol. The third-order valence-electron chi connectivity index (χ3n) is 4.05.